The Labute approximate surface area is 192 Å². The number of aliphatic hydroxyl groups is 1. The average molecular weight is 477 g/mol. The number of halogens is 3. The number of carbonyl (C=O) groups excluding carboxylic acids is 1. The number of amides is 1. The molecule has 1 aromatic heterocycles. The number of alkyl halides is 3. The fourth-order valence-corrected chi connectivity index (χ4v) is 3.73. The van der Waals surface area contributed by atoms with Crippen molar-refractivity contribution in [2.75, 3.05) is 6.54 Å². The van der Waals surface area contributed by atoms with E-state index in [4.69, 9.17) is 9.15 Å². The van der Waals surface area contributed by atoms with Crippen LogP contribution in [0.2, 0.25) is 0 Å². The summed E-state index contributed by atoms with van der Waals surface area (Å²) in [5.41, 5.74) is 2.23. The second-order valence-electron chi connectivity index (χ2n) is 7.77. The van der Waals surface area contributed by atoms with Crippen molar-refractivity contribution in [2.24, 2.45) is 0 Å². The molecule has 4 rings (SSSR count). The van der Waals surface area contributed by atoms with Crippen LogP contribution < -0.4 is 15.4 Å². The van der Waals surface area contributed by atoms with E-state index in [9.17, 15) is 23.1 Å². The van der Waals surface area contributed by atoms with Gasteiger partial charge in [0.25, 0.3) is 0 Å². The third kappa shape index (κ3) is 6.27. The molecule has 1 fully saturated rings. The van der Waals surface area contributed by atoms with Crippen molar-refractivity contribution in [1.82, 2.24) is 15.6 Å². The number of aromatic nitrogens is 1. The summed E-state index contributed by atoms with van der Waals surface area (Å²) in [5, 5.41) is 15.9. The van der Waals surface area contributed by atoms with Crippen LogP contribution in [0, 0.1) is 0 Å². The number of nitrogens with zero attached hydrogens (tertiary/aromatic N) is 1. The van der Waals surface area contributed by atoms with Gasteiger partial charge in [-0.15, -0.1) is 13.2 Å². The second kappa shape index (κ2) is 10.1. The van der Waals surface area contributed by atoms with Gasteiger partial charge in [-0.2, -0.15) is 0 Å². The van der Waals surface area contributed by atoms with Gasteiger partial charge in [-0.25, -0.2) is 9.78 Å². The Morgan fingerprint density at radius 1 is 1.21 bits per heavy atom. The first kappa shape index (κ1) is 23.6. The summed E-state index contributed by atoms with van der Waals surface area (Å²) in [6.07, 6.45) is -3.81. The van der Waals surface area contributed by atoms with Crippen LogP contribution in [0.3, 0.4) is 0 Å². The first-order valence-corrected chi connectivity index (χ1v) is 10.5. The normalized spacial score (nSPS) is 20.2. The number of aliphatic hydroxyl groups excluding tert-OH is 1. The Morgan fingerprint density at radius 2 is 2.00 bits per heavy atom. The Balaban J connectivity index is 1.31. The second-order valence-corrected chi connectivity index (χ2v) is 7.77. The van der Waals surface area contributed by atoms with Gasteiger partial charge >= 0.3 is 12.5 Å². The maximum Gasteiger partial charge on any atom is 0.573 e. The smallest absolute Gasteiger partial charge is 0.444 e. The van der Waals surface area contributed by atoms with E-state index < -0.39 is 24.7 Å². The third-order valence-corrected chi connectivity index (χ3v) is 5.30. The number of carbonyl (C=O) groups is 1. The summed E-state index contributed by atoms with van der Waals surface area (Å²) in [4.78, 5) is 16.2. The molecule has 0 saturated carbocycles. The maximum absolute atomic E-state index is 12.4. The molecule has 0 aliphatic carbocycles. The number of hydrogen-bond donors (Lipinski definition) is 3. The summed E-state index contributed by atoms with van der Waals surface area (Å²) in [6, 6.07) is 12.6. The fraction of sp³-hybridized carbons (Fsp3) is 0.304. The van der Waals surface area contributed by atoms with Crippen LogP contribution in [0.25, 0.3) is 11.3 Å². The predicted molar refractivity (Wildman–Crippen MR) is 114 cm³/mol. The highest BCUT2D eigenvalue weighted by molar-refractivity contribution is 5.67. The molecule has 1 aliphatic rings. The van der Waals surface area contributed by atoms with Crippen molar-refractivity contribution in [3.63, 3.8) is 0 Å². The lowest BCUT2D eigenvalue weighted by atomic mass is 10.00. The number of benzene rings is 2. The van der Waals surface area contributed by atoms with Gasteiger partial charge in [-0.1, -0.05) is 36.4 Å². The summed E-state index contributed by atoms with van der Waals surface area (Å²) in [7, 11) is 0. The van der Waals surface area contributed by atoms with E-state index in [2.05, 4.69) is 20.4 Å². The Morgan fingerprint density at radius 3 is 2.71 bits per heavy atom. The Bertz CT molecular complexity index is 1090. The number of hydrogen-bond acceptors (Lipinski definition) is 7. The molecular weight excluding hydrogens is 455 g/mol. The highest BCUT2D eigenvalue weighted by Crippen LogP contribution is 2.24. The number of β-amino-alcohol motifs (C(OH)–C–C–N with tert-alkyl or cyclic N) is 1. The highest BCUT2D eigenvalue weighted by atomic mass is 19.4. The molecule has 3 N–H and O–H groups in total. The number of nitrogens with one attached hydrogen (secondary N) is 2. The van der Waals surface area contributed by atoms with Crippen LogP contribution in [0.1, 0.15) is 11.1 Å². The molecule has 1 saturated heterocycles. The lowest BCUT2D eigenvalue weighted by Crippen LogP contribution is -2.41. The molecule has 11 heteroatoms. The van der Waals surface area contributed by atoms with Gasteiger partial charge < -0.3 is 29.6 Å². The summed E-state index contributed by atoms with van der Waals surface area (Å²) < 4.78 is 51.7. The molecule has 2 aromatic carbocycles. The van der Waals surface area contributed by atoms with Crippen LogP contribution in [0.5, 0.6) is 5.75 Å². The first-order valence-electron chi connectivity index (χ1n) is 10.5. The summed E-state index contributed by atoms with van der Waals surface area (Å²) in [5.74, 6) is 0.263. The average Bonchev–Trinajstić information content (AvgIpc) is 3.44. The van der Waals surface area contributed by atoms with Gasteiger partial charge in [0.05, 0.1) is 12.2 Å². The summed E-state index contributed by atoms with van der Waals surface area (Å²) >= 11 is 0. The molecule has 1 amide bonds. The highest BCUT2D eigenvalue weighted by Gasteiger charge is 2.37. The van der Waals surface area contributed by atoms with Crippen LogP contribution in [-0.4, -0.2) is 47.3 Å². The van der Waals surface area contributed by atoms with E-state index in [1.54, 1.807) is 12.3 Å². The van der Waals surface area contributed by atoms with E-state index in [0.717, 1.165) is 11.1 Å². The minimum absolute atomic E-state index is 0.0715. The van der Waals surface area contributed by atoms with Crippen LogP contribution in [-0.2, 0) is 17.7 Å². The van der Waals surface area contributed by atoms with Crippen molar-refractivity contribution in [1.29, 1.82) is 0 Å². The molecule has 3 atom stereocenters. The molecule has 1 aliphatic heterocycles. The molecule has 0 bridgehead atoms. The standard InChI is InChI=1S/C23H22F3N3O5/c24-23(25,26)34-17-3-1-2-15(8-17)10-29-22(31)33-21-18(28-11-19(21)30)9-14-4-6-16(7-5-14)20-12-27-13-32-20/h1-8,12-13,18-19,21,28,30H,9-11H2,(H,29,31)/t18-,19+,21+/m1/s1. The van der Waals surface area contributed by atoms with Gasteiger partial charge in [0.15, 0.2) is 12.2 Å². The molecule has 0 spiro atoms. The largest absolute Gasteiger partial charge is 0.573 e. The number of ether oxygens (including phenoxy) is 2. The van der Waals surface area contributed by atoms with Gasteiger partial charge in [0, 0.05) is 18.7 Å². The quantitative estimate of drug-likeness (QED) is 0.479. The van der Waals surface area contributed by atoms with Crippen molar-refractivity contribution in [2.45, 2.75) is 37.6 Å². The SMILES string of the molecule is O=C(NCc1cccc(OC(F)(F)F)c1)O[C@@H]1[C@@H](O)CN[C@@H]1Cc1ccc(-c2cnco2)cc1. The van der Waals surface area contributed by atoms with E-state index in [0.29, 0.717) is 17.7 Å². The van der Waals surface area contributed by atoms with Crippen LogP contribution in [0.4, 0.5) is 18.0 Å². The molecule has 0 unspecified atom stereocenters. The number of rotatable bonds is 7. The molecule has 180 valence electrons. The van der Waals surface area contributed by atoms with Gasteiger partial charge in [-0.3, -0.25) is 0 Å². The first-order chi connectivity index (χ1) is 16.3. The van der Waals surface area contributed by atoms with Crippen molar-refractivity contribution < 1.29 is 37.0 Å². The molecular formula is C23H22F3N3O5. The molecule has 8 nitrogen and oxygen atoms in total. The van der Waals surface area contributed by atoms with E-state index >= 15 is 0 Å². The zero-order chi connectivity index (χ0) is 24.1. The monoisotopic (exact) mass is 477 g/mol. The van der Waals surface area contributed by atoms with Crippen molar-refractivity contribution in [3.05, 3.63) is 72.2 Å². The zero-order valence-corrected chi connectivity index (χ0v) is 17.8. The third-order valence-electron chi connectivity index (χ3n) is 5.30. The number of alkyl carbamates (subject to hydrolysis) is 1. The topological polar surface area (TPSA) is 106 Å². The Hall–Kier alpha value is -3.57. The molecule has 2 heterocycles. The van der Waals surface area contributed by atoms with Crippen molar-refractivity contribution >= 4 is 6.09 Å². The lowest BCUT2D eigenvalue weighted by Gasteiger charge is -2.22. The Kier molecular flexibility index (Phi) is 7.03. The van der Waals surface area contributed by atoms with E-state index in [-0.39, 0.29) is 24.9 Å². The molecule has 3 aromatic rings. The van der Waals surface area contributed by atoms with Crippen LogP contribution in [0.15, 0.2) is 65.5 Å². The zero-order valence-electron chi connectivity index (χ0n) is 17.8. The predicted octanol–water partition coefficient (Wildman–Crippen LogP) is 3.41. The van der Waals surface area contributed by atoms with Crippen LogP contribution >= 0.6 is 0 Å². The minimum atomic E-state index is -4.80. The van der Waals surface area contributed by atoms with E-state index in [1.165, 1.54) is 24.6 Å². The van der Waals surface area contributed by atoms with Gasteiger partial charge in [0.1, 0.15) is 18.0 Å². The fourth-order valence-electron chi connectivity index (χ4n) is 3.73. The number of oxazole rings is 1. The van der Waals surface area contributed by atoms with E-state index in [1.807, 2.05) is 24.3 Å². The molecule has 0 radical (unpaired) electrons. The van der Waals surface area contributed by atoms with Gasteiger partial charge in [0.2, 0.25) is 0 Å². The van der Waals surface area contributed by atoms with Crippen molar-refractivity contribution in [3.8, 4) is 17.1 Å². The lowest BCUT2D eigenvalue weighted by molar-refractivity contribution is -0.274. The minimum Gasteiger partial charge on any atom is -0.444 e. The molecule has 34 heavy (non-hydrogen) atoms. The maximum atomic E-state index is 12.4. The summed E-state index contributed by atoms with van der Waals surface area (Å²) in [6.45, 7) is 0.188. The van der Waals surface area contributed by atoms with Gasteiger partial charge in [-0.05, 0) is 29.7 Å².